The number of methoxy groups -OCH3 is 1. The summed E-state index contributed by atoms with van der Waals surface area (Å²) in [7, 11) is 1.63. The lowest BCUT2D eigenvalue weighted by Gasteiger charge is -2.17. The van der Waals surface area contributed by atoms with Crippen LogP contribution in [0.4, 0.5) is 11.4 Å². The smallest absolute Gasteiger partial charge is 0.269 e. The Kier molecular flexibility index (Phi) is 8.26. The summed E-state index contributed by atoms with van der Waals surface area (Å²) in [5, 5.41) is 17.4. The van der Waals surface area contributed by atoms with Crippen molar-refractivity contribution in [3.63, 3.8) is 0 Å². The maximum atomic E-state index is 10.7. The van der Waals surface area contributed by atoms with Crippen molar-refractivity contribution in [2.45, 2.75) is 13.2 Å². The predicted molar refractivity (Wildman–Crippen MR) is 125 cm³/mol. The summed E-state index contributed by atoms with van der Waals surface area (Å²) in [5.74, 6) is 1.39. The highest BCUT2D eigenvalue weighted by molar-refractivity contribution is 9.10. The minimum absolute atomic E-state index is 0.0790. The van der Waals surface area contributed by atoms with Crippen molar-refractivity contribution in [2.75, 3.05) is 25.5 Å². The molecular formula is C23H24BrN3O4. The summed E-state index contributed by atoms with van der Waals surface area (Å²) in [5.41, 5.74) is 2.98. The van der Waals surface area contributed by atoms with Crippen LogP contribution in [-0.4, -0.2) is 25.1 Å². The Labute approximate surface area is 189 Å². The maximum absolute atomic E-state index is 10.7. The summed E-state index contributed by atoms with van der Waals surface area (Å²) >= 11 is 3.53. The average Bonchev–Trinajstić information content (AvgIpc) is 2.78. The first-order valence-corrected chi connectivity index (χ1v) is 10.6. The monoisotopic (exact) mass is 485 g/mol. The molecule has 0 aliphatic heterocycles. The number of halogens is 1. The van der Waals surface area contributed by atoms with Gasteiger partial charge in [-0.1, -0.05) is 46.3 Å². The van der Waals surface area contributed by atoms with Crippen LogP contribution in [0.1, 0.15) is 11.1 Å². The van der Waals surface area contributed by atoms with Gasteiger partial charge in [-0.2, -0.15) is 0 Å². The first-order valence-electron chi connectivity index (χ1n) is 9.79. The second-order valence-corrected chi connectivity index (χ2v) is 7.69. The van der Waals surface area contributed by atoms with Gasteiger partial charge in [0.05, 0.1) is 12.0 Å². The van der Waals surface area contributed by atoms with Gasteiger partial charge in [-0.25, -0.2) is 0 Å². The zero-order valence-corrected chi connectivity index (χ0v) is 18.7. The molecule has 8 heteroatoms. The van der Waals surface area contributed by atoms with Gasteiger partial charge in [-0.15, -0.1) is 0 Å². The van der Waals surface area contributed by atoms with Crippen LogP contribution >= 0.6 is 15.9 Å². The molecule has 7 nitrogen and oxygen atoms in total. The Morgan fingerprint density at radius 2 is 1.77 bits per heavy atom. The van der Waals surface area contributed by atoms with Crippen molar-refractivity contribution in [3.8, 4) is 11.5 Å². The molecule has 0 aliphatic carbocycles. The van der Waals surface area contributed by atoms with Gasteiger partial charge in [0.2, 0.25) is 0 Å². The normalized spacial score (nSPS) is 10.5. The third-order valence-corrected chi connectivity index (χ3v) is 5.02. The molecule has 0 amide bonds. The molecule has 3 aromatic carbocycles. The van der Waals surface area contributed by atoms with E-state index in [1.54, 1.807) is 19.2 Å². The topological polar surface area (TPSA) is 85.7 Å². The lowest BCUT2D eigenvalue weighted by molar-refractivity contribution is -0.384. The molecule has 0 aromatic heterocycles. The lowest BCUT2D eigenvalue weighted by atomic mass is 10.1. The first kappa shape index (κ1) is 22.6. The van der Waals surface area contributed by atoms with Crippen LogP contribution in [0.15, 0.2) is 71.2 Å². The molecular weight excluding hydrogens is 462 g/mol. The van der Waals surface area contributed by atoms with Gasteiger partial charge in [0, 0.05) is 47.5 Å². The van der Waals surface area contributed by atoms with Crippen LogP contribution < -0.4 is 20.1 Å². The third kappa shape index (κ3) is 6.70. The summed E-state index contributed by atoms with van der Waals surface area (Å²) in [6, 6.07) is 20.3. The van der Waals surface area contributed by atoms with E-state index in [0.717, 1.165) is 21.3 Å². The molecule has 0 saturated heterocycles. The highest BCUT2D eigenvalue weighted by Gasteiger charge is 2.13. The van der Waals surface area contributed by atoms with E-state index in [2.05, 4.69) is 26.6 Å². The molecule has 162 valence electrons. The van der Waals surface area contributed by atoms with Gasteiger partial charge in [-0.05, 0) is 29.8 Å². The van der Waals surface area contributed by atoms with E-state index in [9.17, 15) is 10.1 Å². The first-order chi connectivity index (χ1) is 15.1. The summed E-state index contributed by atoms with van der Waals surface area (Å²) < 4.78 is 12.5. The number of nitro benzene ring substituents is 1. The molecule has 0 bridgehead atoms. The fourth-order valence-corrected chi connectivity index (χ4v) is 3.50. The Bertz CT molecular complexity index is 998. The number of nitrogens with zero attached hydrogens (tertiary/aromatic N) is 1. The van der Waals surface area contributed by atoms with Gasteiger partial charge in [0.1, 0.15) is 6.61 Å². The SMILES string of the molecule is COc1cc(Br)cc(CNCCNc2ccc([N+](=O)[O-])cc2)c1OCc1ccccc1. The lowest BCUT2D eigenvalue weighted by Crippen LogP contribution is -2.22. The Hall–Kier alpha value is -3.10. The number of anilines is 1. The number of benzene rings is 3. The summed E-state index contributed by atoms with van der Waals surface area (Å²) in [6.45, 7) is 2.42. The van der Waals surface area contributed by atoms with Crippen LogP contribution in [0.5, 0.6) is 11.5 Å². The third-order valence-electron chi connectivity index (χ3n) is 4.57. The maximum Gasteiger partial charge on any atom is 0.269 e. The molecule has 0 fully saturated rings. The van der Waals surface area contributed by atoms with Gasteiger partial charge in [0.15, 0.2) is 11.5 Å². The average molecular weight is 486 g/mol. The van der Waals surface area contributed by atoms with E-state index in [-0.39, 0.29) is 5.69 Å². The van der Waals surface area contributed by atoms with Crippen LogP contribution in [-0.2, 0) is 13.2 Å². The Morgan fingerprint density at radius 1 is 1.03 bits per heavy atom. The number of hydrogen-bond acceptors (Lipinski definition) is 6. The molecule has 0 heterocycles. The second-order valence-electron chi connectivity index (χ2n) is 6.78. The van der Waals surface area contributed by atoms with E-state index < -0.39 is 4.92 Å². The number of hydrogen-bond donors (Lipinski definition) is 2. The summed E-state index contributed by atoms with van der Waals surface area (Å²) in [4.78, 5) is 10.3. The molecule has 0 unspecified atom stereocenters. The molecule has 3 aromatic rings. The number of non-ortho nitro benzene ring substituents is 1. The predicted octanol–water partition coefficient (Wildman–Crippen LogP) is 5.15. The Morgan fingerprint density at radius 3 is 2.45 bits per heavy atom. The van der Waals surface area contributed by atoms with Crippen molar-refractivity contribution >= 4 is 27.3 Å². The van der Waals surface area contributed by atoms with Crippen molar-refractivity contribution in [1.29, 1.82) is 0 Å². The van der Waals surface area contributed by atoms with E-state index in [1.807, 2.05) is 42.5 Å². The zero-order valence-electron chi connectivity index (χ0n) is 17.1. The Balaban J connectivity index is 1.56. The van der Waals surface area contributed by atoms with Crippen LogP contribution in [0.2, 0.25) is 0 Å². The molecule has 0 radical (unpaired) electrons. The molecule has 31 heavy (non-hydrogen) atoms. The highest BCUT2D eigenvalue weighted by atomic mass is 79.9. The van der Waals surface area contributed by atoms with Crippen molar-refractivity contribution in [2.24, 2.45) is 0 Å². The molecule has 2 N–H and O–H groups in total. The van der Waals surface area contributed by atoms with E-state index in [4.69, 9.17) is 9.47 Å². The number of nitrogens with one attached hydrogen (secondary N) is 2. The van der Waals surface area contributed by atoms with E-state index >= 15 is 0 Å². The van der Waals surface area contributed by atoms with Gasteiger partial charge in [-0.3, -0.25) is 10.1 Å². The van der Waals surface area contributed by atoms with E-state index in [0.29, 0.717) is 37.7 Å². The molecule has 0 aliphatic rings. The van der Waals surface area contributed by atoms with Gasteiger partial charge >= 0.3 is 0 Å². The molecule has 0 spiro atoms. The van der Waals surface area contributed by atoms with Crippen LogP contribution in [0.25, 0.3) is 0 Å². The van der Waals surface area contributed by atoms with Crippen molar-refractivity contribution < 1.29 is 14.4 Å². The largest absolute Gasteiger partial charge is 0.493 e. The highest BCUT2D eigenvalue weighted by Crippen LogP contribution is 2.35. The van der Waals surface area contributed by atoms with E-state index in [1.165, 1.54) is 12.1 Å². The number of ether oxygens (including phenoxy) is 2. The van der Waals surface area contributed by atoms with Crippen LogP contribution in [0.3, 0.4) is 0 Å². The fourth-order valence-electron chi connectivity index (χ4n) is 3.02. The zero-order chi connectivity index (χ0) is 22.1. The molecule has 0 saturated carbocycles. The quantitative estimate of drug-likeness (QED) is 0.222. The van der Waals surface area contributed by atoms with Crippen molar-refractivity contribution in [1.82, 2.24) is 5.32 Å². The number of rotatable bonds is 11. The standard InChI is InChI=1S/C23H24BrN3O4/c1-30-22-14-19(24)13-18(23(22)31-16-17-5-3-2-4-6-17)15-25-11-12-26-20-7-9-21(10-8-20)27(28)29/h2-10,13-14,25-26H,11-12,15-16H2,1H3. The van der Waals surface area contributed by atoms with Crippen molar-refractivity contribution in [3.05, 3.63) is 92.4 Å². The minimum Gasteiger partial charge on any atom is -0.493 e. The van der Waals surface area contributed by atoms with Crippen LogP contribution in [0, 0.1) is 10.1 Å². The summed E-state index contributed by atoms with van der Waals surface area (Å²) in [6.07, 6.45) is 0. The van der Waals surface area contributed by atoms with Gasteiger partial charge < -0.3 is 20.1 Å². The fraction of sp³-hybridized carbons (Fsp3) is 0.217. The minimum atomic E-state index is -0.408. The molecule has 3 rings (SSSR count). The van der Waals surface area contributed by atoms with Gasteiger partial charge in [0.25, 0.3) is 5.69 Å². The molecule has 0 atom stereocenters. The second kappa shape index (κ2) is 11.3. The number of nitro groups is 1.